The third kappa shape index (κ3) is 3.16. The molecule has 0 bridgehead atoms. The highest BCUT2D eigenvalue weighted by atomic mass is 79.9. The maximum absolute atomic E-state index is 12.5. The van der Waals surface area contributed by atoms with E-state index in [4.69, 9.17) is 10.5 Å². The smallest absolute Gasteiger partial charge is 0.254 e. The fourth-order valence-corrected chi connectivity index (χ4v) is 2.55. The van der Waals surface area contributed by atoms with Gasteiger partial charge in [0, 0.05) is 29.2 Å². The Morgan fingerprint density at radius 2 is 2.32 bits per heavy atom. The predicted molar refractivity (Wildman–Crippen MR) is 78.2 cm³/mol. The van der Waals surface area contributed by atoms with Crippen LogP contribution < -0.4 is 5.73 Å². The largest absolute Gasteiger partial charge is 0.373 e. The summed E-state index contributed by atoms with van der Waals surface area (Å²) in [5.41, 5.74) is 7.56. The summed E-state index contributed by atoms with van der Waals surface area (Å²) in [4.78, 5) is 14.4. The quantitative estimate of drug-likeness (QED) is 0.903. The molecule has 1 amide bonds. The lowest BCUT2D eigenvalue weighted by atomic mass is 10.1. The Labute approximate surface area is 122 Å². The summed E-state index contributed by atoms with van der Waals surface area (Å²) in [6.07, 6.45) is -0.0786. The molecule has 2 atom stereocenters. The van der Waals surface area contributed by atoms with Crippen LogP contribution in [0.25, 0.3) is 0 Å². The Balaban J connectivity index is 2.17. The van der Waals surface area contributed by atoms with Gasteiger partial charge < -0.3 is 15.4 Å². The molecular weight excluding hydrogens is 308 g/mol. The van der Waals surface area contributed by atoms with Crippen LogP contribution in [0, 0.1) is 6.92 Å². The summed E-state index contributed by atoms with van der Waals surface area (Å²) in [5, 5.41) is 0. The first-order valence-corrected chi connectivity index (χ1v) is 7.21. The van der Waals surface area contributed by atoms with Crippen molar-refractivity contribution in [3.63, 3.8) is 0 Å². The molecule has 5 heteroatoms. The van der Waals surface area contributed by atoms with E-state index in [0.717, 1.165) is 15.6 Å². The summed E-state index contributed by atoms with van der Waals surface area (Å²) in [7, 11) is 0. The van der Waals surface area contributed by atoms with Crippen LogP contribution in [-0.4, -0.2) is 42.6 Å². The van der Waals surface area contributed by atoms with Crippen molar-refractivity contribution >= 4 is 21.8 Å². The highest BCUT2D eigenvalue weighted by Gasteiger charge is 2.27. The molecule has 1 aromatic carbocycles. The SMILES string of the molecule is Cc1c(Br)cccc1C(=O)N1CCOC(C(C)N)C1. The molecule has 2 N–H and O–H groups in total. The Hall–Kier alpha value is -0.910. The maximum Gasteiger partial charge on any atom is 0.254 e. The zero-order valence-electron chi connectivity index (χ0n) is 11.2. The van der Waals surface area contributed by atoms with Gasteiger partial charge in [0.25, 0.3) is 5.91 Å². The number of morpholine rings is 1. The fourth-order valence-electron chi connectivity index (χ4n) is 2.19. The van der Waals surface area contributed by atoms with E-state index in [9.17, 15) is 4.79 Å². The van der Waals surface area contributed by atoms with E-state index in [-0.39, 0.29) is 18.1 Å². The number of rotatable bonds is 2. The van der Waals surface area contributed by atoms with Gasteiger partial charge in [0.1, 0.15) is 0 Å². The molecular formula is C14H19BrN2O2. The minimum Gasteiger partial charge on any atom is -0.373 e. The zero-order valence-corrected chi connectivity index (χ0v) is 12.8. The normalized spacial score (nSPS) is 21.3. The average Bonchev–Trinajstić information content (AvgIpc) is 2.41. The van der Waals surface area contributed by atoms with Gasteiger partial charge >= 0.3 is 0 Å². The summed E-state index contributed by atoms with van der Waals surface area (Å²) < 4.78 is 6.54. The van der Waals surface area contributed by atoms with Crippen LogP contribution in [0.3, 0.4) is 0 Å². The van der Waals surface area contributed by atoms with E-state index in [1.165, 1.54) is 0 Å². The second-order valence-electron chi connectivity index (χ2n) is 4.93. The molecule has 4 nitrogen and oxygen atoms in total. The van der Waals surface area contributed by atoms with Crippen molar-refractivity contribution in [2.24, 2.45) is 5.73 Å². The number of carbonyl (C=O) groups excluding carboxylic acids is 1. The lowest BCUT2D eigenvalue weighted by molar-refractivity contribution is -0.0300. The minimum atomic E-state index is -0.0786. The van der Waals surface area contributed by atoms with Crippen molar-refractivity contribution in [1.29, 1.82) is 0 Å². The zero-order chi connectivity index (χ0) is 14.0. The van der Waals surface area contributed by atoms with E-state index in [2.05, 4.69) is 15.9 Å². The molecule has 1 fully saturated rings. The number of halogens is 1. The first-order valence-electron chi connectivity index (χ1n) is 6.42. The molecule has 0 saturated carbocycles. The first-order chi connectivity index (χ1) is 9.00. The van der Waals surface area contributed by atoms with Gasteiger partial charge in [-0.2, -0.15) is 0 Å². The number of hydrogen-bond donors (Lipinski definition) is 1. The molecule has 1 aliphatic heterocycles. The van der Waals surface area contributed by atoms with E-state index < -0.39 is 0 Å². The minimum absolute atomic E-state index is 0.0488. The van der Waals surface area contributed by atoms with Crippen LogP contribution >= 0.6 is 15.9 Å². The van der Waals surface area contributed by atoms with E-state index >= 15 is 0 Å². The summed E-state index contributed by atoms with van der Waals surface area (Å²) in [6, 6.07) is 5.61. The molecule has 19 heavy (non-hydrogen) atoms. The highest BCUT2D eigenvalue weighted by molar-refractivity contribution is 9.10. The molecule has 1 heterocycles. The van der Waals surface area contributed by atoms with Crippen molar-refractivity contribution in [1.82, 2.24) is 4.90 Å². The Bertz CT molecular complexity index is 477. The monoisotopic (exact) mass is 326 g/mol. The second kappa shape index (κ2) is 6.03. The molecule has 0 aromatic heterocycles. The van der Waals surface area contributed by atoms with Gasteiger partial charge in [-0.25, -0.2) is 0 Å². The highest BCUT2D eigenvalue weighted by Crippen LogP contribution is 2.21. The third-order valence-corrected chi connectivity index (χ3v) is 4.32. The van der Waals surface area contributed by atoms with Crippen LogP contribution in [0.1, 0.15) is 22.8 Å². The summed E-state index contributed by atoms with van der Waals surface area (Å²) in [5.74, 6) is 0.0488. The number of hydrogen-bond acceptors (Lipinski definition) is 3. The molecule has 0 radical (unpaired) electrons. The van der Waals surface area contributed by atoms with E-state index in [0.29, 0.717) is 19.7 Å². The van der Waals surface area contributed by atoms with Gasteiger partial charge in [-0.05, 0) is 31.5 Å². The molecule has 0 spiro atoms. The number of carbonyl (C=O) groups is 1. The van der Waals surface area contributed by atoms with Crippen molar-refractivity contribution in [3.05, 3.63) is 33.8 Å². The predicted octanol–water partition coefficient (Wildman–Crippen LogP) is 1.95. The van der Waals surface area contributed by atoms with Crippen molar-refractivity contribution < 1.29 is 9.53 Å². The molecule has 0 aliphatic carbocycles. The summed E-state index contributed by atoms with van der Waals surface area (Å²) >= 11 is 3.46. The molecule has 2 unspecified atom stereocenters. The molecule has 104 valence electrons. The second-order valence-corrected chi connectivity index (χ2v) is 5.79. The number of amides is 1. The standard InChI is InChI=1S/C14H19BrN2O2/c1-9-11(4-3-5-12(9)15)14(18)17-6-7-19-13(8-17)10(2)16/h3-5,10,13H,6-8,16H2,1-2H3. The van der Waals surface area contributed by atoms with Crippen LogP contribution in [0.5, 0.6) is 0 Å². The first kappa shape index (κ1) is 14.5. The number of nitrogens with two attached hydrogens (primary N) is 1. The van der Waals surface area contributed by atoms with Crippen molar-refractivity contribution in [2.45, 2.75) is 26.0 Å². The molecule has 1 aromatic rings. The average molecular weight is 327 g/mol. The topological polar surface area (TPSA) is 55.6 Å². The summed E-state index contributed by atoms with van der Waals surface area (Å²) in [6.45, 7) is 5.57. The lowest BCUT2D eigenvalue weighted by Gasteiger charge is -2.35. The van der Waals surface area contributed by atoms with Crippen LogP contribution in [0.2, 0.25) is 0 Å². The Morgan fingerprint density at radius 1 is 1.58 bits per heavy atom. The maximum atomic E-state index is 12.5. The van der Waals surface area contributed by atoms with Gasteiger partial charge in [-0.3, -0.25) is 4.79 Å². The Morgan fingerprint density at radius 3 is 3.00 bits per heavy atom. The van der Waals surface area contributed by atoms with Gasteiger partial charge in [0.05, 0.1) is 12.7 Å². The van der Waals surface area contributed by atoms with E-state index in [1.54, 1.807) is 0 Å². The van der Waals surface area contributed by atoms with Crippen LogP contribution in [-0.2, 0) is 4.74 Å². The van der Waals surface area contributed by atoms with Crippen molar-refractivity contribution in [2.75, 3.05) is 19.7 Å². The van der Waals surface area contributed by atoms with Gasteiger partial charge in [-0.15, -0.1) is 0 Å². The molecule has 1 aliphatic rings. The lowest BCUT2D eigenvalue weighted by Crippen LogP contribution is -2.51. The molecule has 2 rings (SSSR count). The van der Waals surface area contributed by atoms with Gasteiger partial charge in [-0.1, -0.05) is 22.0 Å². The molecule has 1 saturated heterocycles. The fraction of sp³-hybridized carbons (Fsp3) is 0.500. The number of benzene rings is 1. The number of ether oxygens (including phenoxy) is 1. The Kier molecular flexibility index (Phi) is 4.60. The van der Waals surface area contributed by atoms with Crippen LogP contribution in [0.4, 0.5) is 0 Å². The van der Waals surface area contributed by atoms with Gasteiger partial charge in [0.2, 0.25) is 0 Å². The third-order valence-electron chi connectivity index (χ3n) is 3.47. The van der Waals surface area contributed by atoms with Crippen LogP contribution in [0.15, 0.2) is 22.7 Å². The van der Waals surface area contributed by atoms with E-state index in [1.807, 2.05) is 36.9 Å². The van der Waals surface area contributed by atoms with Gasteiger partial charge in [0.15, 0.2) is 0 Å². The van der Waals surface area contributed by atoms with Crippen molar-refractivity contribution in [3.8, 4) is 0 Å². The number of nitrogens with zero attached hydrogens (tertiary/aromatic N) is 1.